The molecule has 1 fully saturated rings. The zero-order chi connectivity index (χ0) is 19.0. The SMILES string of the molecule is CCCc1noc2nc(-c3ccco3)cc(C(=O)N3CCCC3C(=O)O)c12. The van der Waals surface area contributed by atoms with Crippen LogP contribution in [0.1, 0.15) is 42.2 Å². The summed E-state index contributed by atoms with van der Waals surface area (Å²) in [5, 5.41) is 14.1. The van der Waals surface area contributed by atoms with Gasteiger partial charge in [0.05, 0.1) is 22.9 Å². The van der Waals surface area contributed by atoms with Crippen LogP contribution >= 0.6 is 0 Å². The number of aryl methyl sites for hydroxylation is 1. The molecule has 140 valence electrons. The second-order valence-electron chi connectivity index (χ2n) is 6.59. The van der Waals surface area contributed by atoms with Gasteiger partial charge >= 0.3 is 5.97 Å². The third-order valence-electron chi connectivity index (χ3n) is 4.81. The largest absolute Gasteiger partial charge is 0.480 e. The highest BCUT2D eigenvalue weighted by Crippen LogP contribution is 2.31. The number of furan rings is 1. The summed E-state index contributed by atoms with van der Waals surface area (Å²) in [6.07, 6.45) is 4.10. The van der Waals surface area contributed by atoms with Crippen molar-refractivity contribution in [3.63, 3.8) is 0 Å². The van der Waals surface area contributed by atoms with E-state index in [1.807, 2.05) is 6.92 Å². The molecule has 8 nitrogen and oxygen atoms in total. The molecule has 1 saturated heterocycles. The van der Waals surface area contributed by atoms with Crippen LogP contribution in [0.3, 0.4) is 0 Å². The molecule has 1 aliphatic rings. The van der Waals surface area contributed by atoms with Gasteiger partial charge in [-0.15, -0.1) is 0 Å². The van der Waals surface area contributed by atoms with E-state index < -0.39 is 12.0 Å². The second-order valence-corrected chi connectivity index (χ2v) is 6.59. The Balaban J connectivity index is 1.87. The number of aliphatic carboxylic acids is 1. The zero-order valence-corrected chi connectivity index (χ0v) is 14.8. The van der Waals surface area contributed by atoms with Crippen LogP contribution in [0, 0.1) is 0 Å². The molecule has 1 amide bonds. The molecule has 0 saturated carbocycles. The first kappa shape index (κ1) is 17.3. The Labute approximate surface area is 154 Å². The lowest BCUT2D eigenvalue weighted by Gasteiger charge is -2.22. The van der Waals surface area contributed by atoms with Crippen LogP contribution in [0.15, 0.2) is 33.4 Å². The summed E-state index contributed by atoms with van der Waals surface area (Å²) in [6, 6.07) is 4.29. The summed E-state index contributed by atoms with van der Waals surface area (Å²) in [5.74, 6) is -0.840. The van der Waals surface area contributed by atoms with E-state index in [0.29, 0.717) is 53.9 Å². The summed E-state index contributed by atoms with van der Waals surface area (Å²) < 4.78 is 10.8. The molecule has 3 aromatic rings. The fourth-order valence-electron chi connectivity index (χ4n) is 3.56. The lowest BCUT2D eigenvalue weighted by molar-refractivity contribution is -0.141. The van der Waals surface area contributed by atoms with E-state index in [9.17, 15) is 14.7 Å². The highest BCUT2D eigenvalue weighted by molar-refractivity contribution is 6.08. The van der Waals surface area contributed by atoms with Crippen molar-refractivity contribution in [3.8, 4) is 11.5 Å². The van der Waals surface area contributed by atoms with Gasteiger partial charge in [-0.2, -0.15) is 0 Å². The van der Waals surface area contributed by atoms with Gasteiger partial charge in [0.2, 0.25) is 0 Å². The maximum Gasteiger partial charge on any atom is 0.326 e. The Hall–Kier alpha value is -3.16. The van der Waals surface area contributed by atoms with Gasteiger partial charge in [-0.05, 0) is 37.5 Å². The van der Waals surface area contributed by atoms with Gasteiger partial charge in [0.25, 0.3) is 11.6 Å². The molecule has 4 rings (SSSR count). The first-order valence-corrected chi connectivity index (χ1v) is 8.97. The molecule has 1 atom stereocenters. The molecule has 8 heteroatoms. The smallest absolute Gasteiger partial charge is 0.326 e. The van der Waals surface area contributed by atoms with Crippen LogP contribution in [0.25, 0.3) is 22.6 Å². The molecule has 4 heterocycles. The first-order valence-electron chi connectivity index (χ1n) is 8.97. The maximum absolute atomic E-state index is 13.3. The number of hydrogen-bond acceptors (Lipinski definition) is 6. The number of fused-ring (bicyclic) bond motifs is 1. The molecule has 0 aromatic carbocycles. The Kier molecular flexibility index (Phi) is 4.39. The summed E-state index contributed by atoms with van der Waals surface area (Å²) >= 11 is 0. The molecule has 27 heavy (non-hydrogen) atoms. The lowest BCUT2D eigenvalue weighted by Crippen LogP contribution is -2.40. The minimum atomic E-state index is -0.989. The first-order chi connectivity index (χ1) is 13.1. The third-order valence-corrected chi connectivity index (χ3v) is 4.81. The van der Waals surface area contributed by atoms with Gasteiger partial charge in [-0.1, -0.05) is 18.5 Å². The number of rotatable bonds is 5. The average molecular weight is 369 g/mol. The van der Waals surface area contributed by atoms with Crippen molar-refractivity contribution in [3.05, 3.63) is 35.7 Å². The third kappa shape index (κ3) is 2.97. The minimum absolute atomic E-state index is 0.252. The Morgan fingerprint density at radius 1 is 1.41 bits per heavy atom. The molecule has 0 spiro atoms. The van der Waals surface area contributed by atoms with E-state index in [0.717, 1.165) is 6.42 Å². The van der Waals surface area contributed by atoms with Crippen molar-refractivity contribution in [2.24, 2.45) is 0 Å². The van der Waals surface area contributed by atoms with Crippen molar-refractivity contribution < 1.29 is 23.6 Å². The molecular weight excluding hydrogens is 350 g/mol. The fraction of sp³-hybridized carbons (Fsp3) is 0.368. The number of carboxylic acids is 1. The Morgan fingerprint density at radius 2 is 2.26 bits per heavy atom. The molecule has 1 N–H and O–H groups in total. The van der Waals surface area contributed by atoms with Gasteiger partial charge in [0.15, 0.2) is 5.76 Å². The molecule has 0 aliphatic carbocycles. The van der Waals surface area contributed by atoms with E-state index in [1.165, 1.54) is 11.2 Å². The van der Waals surface area contributed by atoms with Crippen molar-refractivity contribution in [1.29, 1.82) is 0 Å². The van der Waals surface area contributed by atoms with E-state index >= 15 is 0 Å². The van der Waals surface area contributed by atoms with Crippen LogP contribution in [-0.4, -0.2) is 44.6 Å². The predicted molar refractivity (Wildman–Crippen MR) is 95.2 cm³/mol. The highest BCUT2D eigenvalue weighted by Gasteiger charge is 2.36. The van der Waals surface area contributed by atoms with E-state index in [1.54, 1.807) is 18.2 Å². The van der Waals surface area contributed by atoms with Crippen LogP contribution in [-0.2, 0) is 11.2 Å². The maximum atomic E-state index is 13.3. The normalized spacial score (nSPS) is 16.9. The van der Waals surface area contributed by atoms with E-state index in [2.05, 4.69) is 10.1 Å². The average Bonchev–Trinajstić information content (AvgIpc) is 3.40. The quantitative estimate of drug-likeness (QED) is 0.735. The number of carboxylic acid groups (broad SMARTS) is 1. The summed E-state index contributed by atoms with van der Waals surface area (Å²) in [6.45, 7) is 2.41. The molecule has 0 bridgehead atoms. The number of aromatic nitrogens is 2. The van der Waals surface area contributed by atoms with Gasteiger partial charge in [0.1, 0.15) is 11.7 Å². The summed E-state index contributed by atoms with van der Waals surface area (Å²) in [5.41, 5.74) is 1.70. The Morgan fingerprint density at radius 3 is 2.96 bits per heavy atom. The van der Waals surface area contributed by atoms with Crippen molar-refractivity contribution in [1.82, 2.24) is 15.0 Å². The lowest BCUT2D eigenvalue weighted by atomic mass is 10.0. The second kappa shape index (κ2) is 6.86. The number of hydrogen-bond donors (Lipinski definition) is 1. The molecule has 1 aliphatic heterocycles. The summed E-state index contributed by atoms with van der Waals surface area (Å²) in [4.78, 5) is 30.7. The number of nitrogens with zero attached hydrogens (tertiary/aromatic N) is 3. The number of amides is 1. The van der Waals surface area contributed by atoms with Gasteiger partial charge < -0.3 is 18.9 Å². The van der Waals surface area contributed by atoms with Crippen molar-refractivity contribution in [2.45, 2.75) is 38.6 Å². The molecule has 0 radical (unpaired) electrons. The monoisotopic (exact) mass is 369 g/mol. The number of pyridine rings is 1. The highest BCUT2D eigenvalue weighted by atomic mass is 16.5. The summed E-state index contributed by atoms with van der Waals surface area (Å²) in [7, 11) is 0. The molecule has 1 unspecified atom stereocenters. The van der Waals surface area contributed by atoms with Crippen molar-refractivity contribution >= 4 is 23.0 Å². The number of carbonyl (C=O) groups excluding carboxylic acids is 1. The van der Waals surface area contributed by atoms with Crippen LogP contribution in [0.2, 0.25) is 0 Å². The van der Waals surface area contributed by atoms with Crippen LogP contribution in [0.5, 0.6) is 0 Å². The molecular formula is C19H19N3O5. The minimum Gasteiger partial charge on any atom is -0.480 e. The Bertz CT molecular complexity index is 992. The zero-order valence-electron chi connectivity index (χ0n) is 14.8. The standard InChI is InChI=1S/C19H19N3O5/c1-2-5-12-16-11(18(23)22-8-3-6-14(22)19(24)25)10-13(15-7-4-9-26-15)20-17(16)27-21-12/h4,7,9-10,14H,2-3,5-6,8H2,1H3,(H,24,25). The van der Waals surface area contributed by atoms with Gasteiger partial charge in [-0.3, -0.25) is 4.79 Å². The number of likely N-dealkylation sites (tertiary alicyclic amines) is 1. The molecule has 3 aromatic heterocycles. The topological polar surface area (TPSA) is 110 Å². The van der Waals surface area contributed by atoms with Crippen LogP contribution in [0.4, 0.5) is 0 Å². The van der Waals surface area contributed by atoms with Crippen LogP contribution < -0.4 is 0 Å². The van der Waals surface area contributed by atoms with E-state index in [4.69, 9.17) is 8.94 Å². The van der Waals surface area contributed by atoms with Gasteiger partial charge in [0, 0.05) is 6.54 Å². The van der Waals surface area contributed by atoms with Crippen molar-refractivity contribution in [2.75, 3.05) is 6.54 Å². The fourth-order valence-corrected chi connectivity index (χ4v) is 3.56. The predicted octanol–water partition coefficient (Wildman–Crippen LogP) is 3.12. The number of carbonyl (C=O) groups is 2. The van der Waals surface area contributed by atoms with Gasteiger partial charge in [-0.25, -0.2) is 9.78 Å². The van der Waals surface area contributed by atoms with E-state index in [-0.39, 0.29) is 11.6 Å².